The average Bonchev–Trinajstić information content (AvgIpc) is 3.32. The van der Waals surface area contributed by atoms with Crippen LogP contribution < -0.4 is 0 Å². The predicted octanol–water partition coefficient (Wildman–Crippen LogP) is -0.427. The summed E-state index contributed by atoms with van der Waals surface area (Å²) in [5.74, 6) is -2.33. The van der Waals surface area contributed by atoms with Crippen molar-refractivity contribution in [3.63, 3.8) is 0 Å². The Morgan fingerprint density at radius 3 is 2.46 bits per heavy atom. The number of aliphatic hydroxyl groups is 4. The van der Waals surface area contributed by atoms with Crippen molar-refractivity contribution < 1.29 is 58.8 Å². The monoisotopic (exact) mass is 522 g/mol. The Balaban J connectivity index is 1.51. The van der Waals surface area contributed by atoms with E-state index in [1.807, 2.05) is 0 Å². The van der Waals surface area contributed by atoms with Crippen LogP contribution in [0.25, 0.3) is 6.08 Å². The molecule has 2 fully saturated rings. The summed E-state index contributed by atoms with van der Waals surface area (Å²) in [7, 11) is 1.23. The molecule has 12 nitrogen and oxygen atoms in total. The number of hydrogen-bond acceptors (Lipinski definition) is 12. The summed E-state index contributed by atoms with van der Waals surface area (Å²) in [6.07, 6.45) is -4.70. The molecule has 0 spiro atoms. The smallest absolute Gasteiger partial charge is 0.337 e. The molecule has 202 valence electrons. The van der Waals surface area contributed by atoms with Gasteiger partial charge in [-0.3, -0.25) is 0 Å². The lowest BCUT2D eigenvalue weighted by Gasteiger charge is -2.43. The summed E-state index contributed by atoms with van der Waals surface area (Å²) in [5.41, 5.74) is 0.902. The molecule has 2 aliphatic heterocycles. The van der Waals surface area contributed by atoms with Gasteiger partial charge in [0.05, 0.1) is 31.5 Å². The molecule has 4 rings (SSSR count). The third-order valence-electron chi connectivity index (χ3n) is 6.81. The molecule has 1 saturated carbocycles. The van der Waals surface area contributed by atoms with E-state index in [9.17, 15) is 35.1 Å². The lowest BCUT2D eigenvalue weighted by molar-refractivity contribution is -0.343. The number of carbonyl (C=O) groups is 2. The van der Waals surface area contributed by atoms with Crippen molar-refractivity contribution in [1.82, 2.24) is 0 Å². The third-order valence-corrected chi connectivity index (χ3v) is 6.81. The number of aliphatic hydroxyl groups excluding tert-OH is 4. The number of fused-ring (bicyclic) bond motifs is 1. The Hall–Kier alpha value is -3.00. The van der Waals surface area contributed by atoms with Gasteiger partial charge in [0, 0.05) is 12.0 Å². The zero-order valence-corrected chi connectivity index (χ0v) is 20.0. The van der Waals surface area contributed by atoms with Crippen LogP contribution in [0.4, 0.5) is 0 Å². The number of methoxy groups -OCH3 is 1. The Kier molecular flexibility index (Phi) is 8.47. The number of aromatic hydroxyl groups is 1. The molecule has 0 aromatic heterocycles. The van der Waals surface area contributed by atoms with E-state index < -0.39 is 73.5 Å². The van der Waals surface area contributed by atoms with Gasteiger partial charge < -0.3 is 49.2 Å². The minimum Gasteiger partial charge on any atom is -0.508 e. The van der Waals surface area contributed by atoms with E-state index in [1.54, 1.807) is 12.1 Å². The molecule has 0 amide bonds. The van der Waals surface area contributed by atoms with Gasteiger partial charge in [-0.15, -0.1) is 0 Å². The lowest BCUT2D eigenvalue weighted by atomic mass is 9.86. The number of hydrogen-bond donors (Lipinski definition) is 5. The molecule has 1 aliphatic carbocycles. The number of carbonyl (C=O) groups excluding carboxylic acids is 2. The summed E-state index contributed by atoms with van der Waals surface area (Å²) in [6, 6.07) is 6.20. The van der Waals surface area contributed by atoms with Crippen LogP contribution in [-0.2, 0) is 33.3 Å². The molecule has 1 aromatic rings. The van der Waals surface area contributed by atoms with Gasteiger partial charge in [0.15, 0.2) is 6.29 Å². The number of phenolic OH excluding ortho intramolecular Hbond substituents is 1. The zero-order valence-electron chi connectivity index (χ0n) is 20.0. The molecule has 3 aliphatic rings. The van der Waals surface area contributed by atoms with Crippen molar-refractivity contribution >= 4 is 18.0 Å². The van der Waals surface area contributed by atoms with E-state index in [4.69, 9.17) is 23.7 Å². The van der Waals surface area contributed by atoms with E-state index >= 15 is 0 Å². The van der Waals surface area contributed by atoms with E-state index in [2.05, 4.69) is 0 Å². The molecule has 2 heterocycles. The molecule has 0 radical (unpaired) electrons. The van der Waals surface area contributed by atoms with E-state index in [0.717, 1.165) is 0 Å². The third kappa shape index (κ3) is 5.79. The Morgan fingerprint density at radius 2 is 1.78 bits per heavy atom. The highest BCUT2D eigenvalue weighted by Crippen LogP contribution is 2.46. The molecule has 12 heteroatoms. The lowest BCUT2D eigenvalue weighted by Crippen LogP contribution is -2.60. The maximum absolute atomic E-state index is 12.6. The molecule has 1 saturated heterocycles. The van der Waals surface area contributed by atoms with Crippen molar-refractivity contribution in [2.24, 2.45) is 11.8 Å². The zero-order chi connectivity index (χ0) is 26.7. The van der Waals surface area contributed by atoms with Crippen LogP contribution in [0, 0.1) is 11.8 Å². The summed E-state index contributed by atoms with van der Waals surface area (Å²) in [5, 5.41) is 49.3. The van der Waals surface area contributed by atoms with Gasteiger partial charge in [-0.25, -0.2) is 9.59 Å². The quantitative estimate of drug-likeness (QED) is 0.231. The van der Waals surface area contributed by atoms with Crippen LogP contribution in [0.15, 0.2) is 42.2 Å². The van der Waals surface area contributed by atoms with Crippen LogP contribution in [0.5, 0.6) is 5.75 Å². The molecular weight excluding hydrogens is 492 g/mol. The van der Waals surface area contributed by atoms with E-state index in [0.29, 0.717) is 18.4 Å². The van der Waals surface area contributed by atoms with Gasteiger partial charge in [-0.1, -0.05) is 12.1 Å². The second-order valence-corrected chi connectivity index (χ2v) is 9.06. The first kappa shape index (κ1) is 27.0. The first-order valence-electron chi connectivity index (χ1n) is 11.8. The fourth-order valence-electron chi connectivity index (χ4n) is 4.86. The molecule has 1 aromatic carbocycles. The fourth-order valence-corrected chi connectivity index (χ4v) is 4.86. The number of ether oxygens (including phenoxy) is 5. The highest BCUT2D eigenvalue weighted by Gasteiger charge is 2.53. The number of benzene rings is 1. The number of esters is 2. The second-order valence-electron chi connectivity index (χ2n) is 9.06. The van der Waals surface area contributed by atoms with Gasteiger partial charge in [0.2, 0.25) is 6.29 Å². The first-order valence-corrected chi connectivity index (χ1v) is 11.8. The molecule has 5 N–H and O–H groups in total. The molecule has 0 bridgehead atoms. The Morgan fingerprint density at radius 1 is 1.05 bits per heavy atom. The predicted molar refractivity (Wildman–Crippen MR) is 123 cm³/mol. The number of phenols is 1. The highest BCUT2D eigenvalue weighted by atomic mass is 16.8. The van der Waals surface area contributed by atoms with Crippen LogP contribution in [0.3, 0.4) is 0 Å². The summed E-state index contributed by atoms with van der Waals surface area (Å²) >= 11 is 0. The van der Waals surface area contributed by atoms with Crippen molar-refractivity contribution in [3.8, 4) is 5.75 Å². The second kappa shape index (κ2) is 11.6. The first-order chi connectivity index (χ1) is 17.7. The molecule has 9 unspecified atom stereocenters. The Bertz CT molecular complexity index is 1020. The van der Waals surface area contributed by atoms with Crippen LogP contribution in [0.2, 0.25) is 0 Å². The molecule has 37 heavy (non-hydrogen) atoms. The average molecular weight is 523 g/mol. The molecule has 9 atom stereocenters. The van der Waals surface area contributed by atoms with E-state index in [1.165, 1.54) is 37.7 Å². The largest absolute Gasteiger partial charge is 0.508 e. The minimum absolute atomic E-state index is 0.0916. The Labute approximate surface area is 212 Å². The maximum atomic E-state index is 12.6. The summed E-state index contributed by atoms with van der Waals surface area (Å²) in [4.78, 5) is 24.9. The van der Waals surface area contributed by atoms with E-state index in [-0.39, 0.29) is 11.3 Å². The van der Waals surface area contributed by atoms with Gasteiger partial charge in [0.1, 0.15) is 36.3 Å². The molecular formula is C25H30O12. The van der Waals surface area contributed by atoms with Crippen molar-refractivity contribution in [2.45, 2.75) is 55.9 Å². The standard InChI is InChI=1S/C25H30O12/c1-33-23(32)15-11-34-24(37-25-22(31)21(30)20(29)17(10-26)36-25)19-14(15)7-8-16(19)35-18(28)9-4-12-2-5-13(27)6-3-12/h2-6,9,11,14,16-17,19-22,24-27,29-31H,7-8,10H2,1H3. The van der Waals surface area contributed by atoms with Gasteiger partial charge in [0.25, 0.3) is 0 Å². The van der Waals surface area contributed by atoms with Crippen molar-refractivity contribution in [2.75, 3.05) is 13.7 Å². The van der Waals surface area contributed by atoms with Crippen LogP contribution >= 0.6 is 0 Å². The normalized spacial score (nSPS) is 35.4. The van der Waals surface area contributed by atoms with Crippen LogP contribution in [-0.4, -0.2) is 94.3 Å². The summed E-state index contributed by atoms with van der Waals surface area (Å²) < 4.78 is 27.4. The van der Waals surface area contributed by atoms with Gasteiger partial charge >= 0.3 is 11.9 Å². The van der Waals surface area contributed by atoms with Gasteiger partial charge in [-0.2, -0.15) is 0 Å². The van der Waals surface area contributed by atoms with Crippen molar-refractivity contribution in [1.29, 1.82) is 0 Å². The SMILES string of the molecule is COC(=O)C1=COC(OC2OC(CO)C(O)C(O)C2O)C2C(OC(=O)C=Cc3ccc(O)cc3)CCC12. The number of rotatable bonds is 7. The topological polar surface area (TPSA) is 181 Å². The summed E-state index contributed by atoms with van der Waals surface area (Å²) in [6.45, 7) is -0.637. The minimum atomic E-state index is -1.67. The van der Waals surface area contributed by atoms with Gasteiger partial charge in [-0.05, 0) is 36.6 Å². The fraction of sp³-hybridized carbons (Fsp3) is 0.520. The van der Waals surface area contributed by atoms with Crippen molar-refractivity contribution in [3.05, 3.63) is 47.7 Å². The maximum Gasteiger partial charge on any atom is 0.337 e. The van der Waals surface area contributed by atoms with Crippen LogP contribution in [0.1, 0.15) is 18.4 Å². The highest BCUT2D eigenvalue weighted by molar-refractivity contribution is 5.89.